The molecule has 0 bridgehead atoms. The van der Waals surface area contributed by atoms with Crippen LogP contribution >= 0.6 is 0 Å². The minimum atomic E-state index is -0.000750. The Morgan fingerprint density at radius 1 is 1.10 bits per heavy atom. The first-order chi connectivity index (χ1) is 13.8. The Labute approximate surface area is 174 Å². The first-order valence-electron chi connectivity index (χ1n) is 10.9. The predicted octanol–water partition coefficient (Wildman–Crippen LogP) is 3.78. The fourth-order valence-electron chi connectivity index (χ4n) is 5.20. The molecule has 1 amide bonds. The quantitative estimate of drug-likeness (QED) is 0.793. The predicted molar refractivity (Wildman–Crippen MR) is 116 cm³/mol. The monoisotopic (exact) mass is 394 g/mol. The number of carbonyl (C=O) groups excluding carboxylic acids is 1. The van der Waals surface area contributed by atoms with Crippen LogP contribution in [0.25, 0.3) is 0 Å². The molecular weight excluding hydrogens is 360 g/mol. The van der Waals surface area contributed by atoms with E-state index in [0.29, 0.717) is 5.92 Å². The molecular formula is C24H34N4O. The summed E-state index contributed by atoms with van der Waals surface area (Å²) in [6, 6.07) is 6.84. The summed E-state index contributed by atoms with van der Waals surface area (Å²) in [5, 5.41) is 4.94. The van der Waals surface area contributed by atoms with E-state index in [1.165, 1.54) is 16.7 Å². The van der Waals surface area contributed by atoms with Crippen molar-refractivity contribution in [3.63, 3.8) is 0 Å². The van der Waals surface area contributed by atoms with Crippen molar-refractivity contribution < 1.29 is 4.79 Å². The highest BCUT2D eigenvalue weighted by Gasteiger charge is 2.46. The van der Waals surface area contributed by atoms with Gasteiger partial charge >= 0.3 is 0 Å². The van der Waals surface area contributed by atoms with Gasteiger partial charge in [-0.25, -0.2) is 0 Å². The number of likely N-dealkylation sites (N-methyl/N-ethyl adjacent to an activating group) is 1. The van der Waals surface area contributed by atoms with Crippen LogP contribution in [0.1, 0.15) is 59.4 Å². The molecule has 1 aromatic carbocycles. The van der Waals surface area contributed by atoms with Gasteiger partial charge in [-0.15, -0.1) is 0 Å². The lowest BCUT2D eigenvalue weighted by Crippen LogP contribution is -2.53. The number of benzene rings is 1. The summed E-state index contributed by atoms with van der Waals surface area (Å²) in [6.45, 7) is 13.5. The fraction of sp³-hybridized carbons (Fsp3) is 0.583. The second kappa shape index (κ2) is 7.60. The molecule has 3 heterocycles. The molecule has 156 valence electrons. The molecule has 1 aromatic heterocycles. The Kier molecular flexibility index (Phi) is 5.28. The molecule has 0 N–H and O–H groups in total. The van der Waals surface area contributed by atoms with Crippen LogP contribution in [-0.4, -0.2) is 52.2 Å². The van der Waals surface area contributed by atoms with E-state index < -0.39 is 0 Å². The summed E-state index contributed by atoms with van der Waals surface area (Å²) >= 11 is 0. The standard InChI is InChI=1S/C24H34N4O/c1-17(2)13-28-15-21-22(25-28)24(16-26(5)23(21)29)6-8-27(9-7-24)14-20-11-18(3)10-19(4)12-20/h10-12,15,17H,6-9,13-14,16H2,1-5H3. The van der Waals surface area contributed by atoms with Crippen molar-refractivity contribution in [3.8, 4) is 0 Å². The minimum absolute atomic E-state index is 0.000750. The molecule has 0 aliphatic carbocycles. The molecule has 1 fully saturated rings. The van der Waals surface area contributed by atoms with E-state index in [2.05, 4.69) is 50.8 Å². The molecule has 29 heavy (non-hydrogen) atoms. The molecule has 5 heteroatoms. The Bertz CT molecular complexity index is 885. The van der Waals surface area contributed by atoms with Crippen LogP contribution in [0.5, 0.6) is 0 Å². The van der Waals surface area contributed by atoms with Gasteiger partial charge < -0.3 is 4.90 Å². The number of hydrogen-bond donors (Lipinski definition) is 0. The number of carbonyl (C=O) groups is 1. The van der Waals surface area contributed by atoms with Crippen LogP contribution < -0.4 is 0 Å². The largest absolute Gasteiger partial charge is 0.341 e. The van der Waals surface area contributed by atoms with Crippen LogP contribution in [0.3, 0.4) is 0 Å². The molecule has 0 unspecified atom stereocenters. The first kappa shape index (κ1) is 20.1. The lowest BCUT2D eigenvalue weighted by molar-refractivity contribution is 0.0628. The lowest BCUT2D eigenvalue weighted by Gasteiger charge is -2.45. The third-order valence-corrected chi connectivity index (χ3v) is 6.43. The van der Waals surface area contributed by atoms with Crippen molar-refractivity contribution in [2.24, 2.45) is 5.92 Å². The maximum atomic E-state index is 12.8. The molecule has 2 aliphatic heterocycles. The van der Waals surface area contributed by atoms with Crippen molar-refractivity contribution in [1.29, 1.82) is 0 Å². The molecule has 0 radical (unpaired) electrons. The average molecular weight is 395 g/mol. The van der Waals surface area contributed by atoms with Gasteiger partial charge in [0.1, 0.15) is 0 Å². The SMILES string of the molecule is Cc1cc(C)cc(CN2CCC3(CC2)CN(C)C(=O)c2cn(CC(C)C)nc23)c1. The zero-order valence-electron chi connectivity index (χ0n) is 18.5. The van der Waals surface area contributed by atoms with E-state index in [9.17, 15) is 4.79 Å². The van der Waals surface area contributed by atoms with E-state index in [4.69, 9.17) is 5.10 Å². The molecule has 1 spiro atoms. The molecule has 2 aromatic rings. The second-order valence-electron chi connectivity index (χ2n) is 9.72. The van der Waals surface area contributed by atoms with Crippen LogP contribution in [-0.2, 0) is 18.5 Å². The number of fused-ring (bicyclic) bond motifs is 2. The van der Waals surface area contributed by atoms with Gasteiger partial charge in [0.2, 0.25) is 0 Å². The number of likely N-dealkylation sites (tertiary alicyclic amines) is 1. The summed E-state index contributed by atoms with van der Waals surface area (Å²) in [5.41, 5.74) is 5.94. The first-order valence-corrected chi connectivity index (χ1v) is 10.9. The maximum absolute atomic E-state index is 12.8. The van der Waals surface area contributed by atoms with Gasteiger partial charge in [-0.1, -0.05) is 43.2 Å². The highest BCUT2D eigenvalue weighted by molar-refractivity contribution is 5.96. The van der Waals surface area contributed by atoms with Gasteiger partial charge in [0.05, 0.1) is 11.3 Å². The summed E-state index contributed by atoms with van der Waals surface area (Å²) < 4.78 is 2.00. The molecule has 4 rings (SSSR count). The van der Waals surface area contributed by atoms with E-state index in [-0.39, 0.29) is 11.3 Å². The van der Waals surface area contributed by atoms with Gasteiger partial charge in [0.25, 0.3) is 5.91 Å². The molecule has 5 nitrogen and oxygen atoms in total. The number of hydrogen-bond acceptors (Lipinski definition) is 3. The molecule has 0 saturated carbocycles. The summed E-state index contributed by atoms with van der Waals surface area (Å²) in [7, 11) is 1.94. The minimum Gasteiger partial charge on any atom is -0.341 e. The Hall–Kier alpha value is -2.14. The number of rotatable bonds is 4. The number of aromatic nitrogens is 2. The summed E-state index contributed by atoms with van der Waals surface area (Å²) in [6.07, 6.45) is 4.10. The Morgan fingerprint density at radius 3 is 2.38 bits per heavy atom. The topological polar surface area (TPSA) is 41.4 Å². The van der Waals surface area contributed by atoms with Crippen molar-refractivity contribution in [3.05, 3.63) is 52.3 Å². The molecule has 0 atom stereocenters. The highest BCUT2D eigenvalue weighted by Crippen LogP contribution is 2.41. The Morgan fingerprint density at radius 2 is 1.76 bits per heavy atom. The van der Waals surface area contributed by atoms with E-state index in [1.54, 1.807) is 0 Å². The summed E-state index contributed by atoms with van der Waals surface area (Å²) in [4.78, 5) is 17.2. The van der Waals surface area contributed by atoms with Crippen molar-refractivity contribution in [1.82, 2.24) is 19.6 Å². The van der Waals surface area contributed by atoms with E-state index in [1.807, 2.05) is 22.8 Å². The second-order valence-corrected chi connectivity index (χ2v) is 9.72. The highest BCUT2D eigenvalue weighted by atomic mass is 16.2. The normalized spacial score (nSPS) is 19.2. The van der Waals surface area contributed by atoms with E-state index >= 15 is 0 Å². The zero-order chi connectivity index (χ0) is 20.8. The number of piperidine rings is 1. The van der Waals surface area contributed by atoms with Crippen LogP contribution in [0.2, 0.25) is 0 Å². The zero-order valence-corrected chi connectivity index (χ0v) is 18.5. The number of amides is 1. The van der Waals surface area contributed by atoms with E-state index in [0.717, 1.165) is 56.8 Å². The van der Waals surface area contributed by atoms with Gasteiger partial charge in [0.15, 0.2) is 0 Å². The maximum Gasteiger partial charge on any atom is 0.257 e. The van der Waals surface area contributed by atoms with Crippen LogP contribution in [0.15, 0.2) is 24.4 Å². The van der Waals surface area contributed by atoms with Gasteiger partial charge in [-0.05, 0) is 51.3 Å². The lowest BCUT2D eigenvalue weighted by atomic mass is 9.72. The van der Waals surface area contributed by atoms with Crippen molar-refractivity contribution in [2.75, 3.05) is 26.7 Å². The number of nitrogens with zero attached hydrogens (tertiary/aromatic N) is 4. The fourth-order valence-corrected chi connectivity index (χ4v) is 5.20. The van der Waals surface area contributed by atoms with Crippen molar-refractivity contribution in [2.45, 2.75) is 59.0 Å². The summed E-state index contributed by atoms with van der Waals surface area (Å²) in [5.74, 6) is 0.637. The van der Waals surface area contributed by atoms with Crippen molar-refractivity contribution >= 4 is 5.91 Å². The van der Waals surface area contributed by atoms with Gasteiger partial charge in [-0.3, -0.25) is 14.4 Å². The molecule has 1 saturated heterocycles. The average Bonchev–Trinajstić information content (AvgIpc) is 3.05. The smallest absolute Gasteiger partial charge is 0.257 e. The van der Waals surface area contributed by atoms with Gasteiger partial charge in [0, 0.05) is 38.3 Å². The van der Waals surface area contributed by atoms with Crippen LogP contribution in [0, 0.1) is 19.8 Å². The third-order valence-electron chi connectivity index (χ3n) is 6.43. The number of aryl methyl sites for hydroxylation is 2. The Balaban J connectivity index is 1.53. The third kappa shape index (κ3) is 3.97. The molecule has 2 aliphatic rings. The van der Waals surface area contributed by atoms with Crippen LogP contribution in [0.4, 0.5) is 0 Å². The van der Waals surface area contributed by atoms with Gasteiger partial charge in [-0.2, -0.15) is 5.10 Å².